The number of ether oxygens (including phenoxy) is 1. The van der Waals surface area contributed by atoms with Crippen molar-refractivity contribution in [3.8, 4) is 5.75 Å². The maximum atomic E-state index is 9.31. The molecule has 21 heavy (non-hydrogen) atoms. The van der Waals surface area contributed by atoms with Crippen molar-refractivity contribution >= 4 is 12.6 Å². The van der Waals surface area contributed by atoms with E-state index in [4.69, 9.17) is 4.74 Å². The molecule has 2 rings (SSSR count). The molecule has 1 aromatic rings. The van der Waals surface area contributed by atoms with Gasteiger partial charge in [0.2, 0.25) is 0 Å². The minimum atomic E-state index is -1.44. The lowest BCUT2D eigenvalue weighted by Crippen LogP contribution is -2.48. The Kier molecular flexibility index (Phi) is 5.64. The Morgan fingerprint density at radius 2 is 1.86 bits per heavy atom. The Morgan fingerprint density at radius 1 is 1.19 bits per heavy atom. The molecule has 0 bridgehead atoms. The number of nitrogens with zero attached hydrogens (tertiary/aromatic N) is 2. The summed E-state index contributed by atoms with van der Waals surface area (Å²) in [5.74, 6) is 0.797. The van der Waals surface area contributed by atoms with Crippen LogP contribution < -0.4 is 10.2 Å². The lowest BCUT2D eigenvalue weighted by Gasteiger charge is -2.37. The summed E-state index contributed by atoms with van der Waals surface area (Å²) in [6.45, 7) is 9.41. The van der Waals surface area contributed by atoms with Crippen LogP contribution >= 0.6 is 0 Å². The normalized spacial score (nSPS) is 17.2. The third-order valence-electron chi connectivity index (χ3n) is 4.13. The minimum absolute atomic E-state index is 0.506. The number of benzene rings is 1. The van der Waals surface area contributed by atoms with Crippen molar-refractivity contribution < 1.29 is 14.8 Å². The van der Waals surface area contributed by atoms with E-state index in [0.29, 0.717) is 11.5 Å². The van der Waals surface area contributed by atoms with Gasteiger partial charge < -0.3 is 14.8 Å². The van der Waals surface area contributed by atoms with E-state index in [1.165, 1.54) is 0 Å². The number of methoxy groups -OCH3 is 1. The van der Waals surface area contributed by atoms with E-state index in [1.54, 1.807) is 19.2 Å². The fraction of sp³-hybridized carbons (Fsp3) is 0.600. The Bertz CT molecular complexity index is 460. The van der Waals surface area contributed by atoms with Crippen molar-refractivity contribution in [1.82, 2.24) is 9.80 Å². The molecule has 0 aliphatic carbocycles. The molecule has 0 saturated carbocycles. The molecule has 0 amide bonds. The first-order chi connectivity index (χ1) is 10.0. The van der Waals surface area contributed by atoms with Crippen LogP contribution in [0, 0.1) is 0 Å². The lowest BCUT2D eigenvalue weighted by molar-refractivity contribution is 0.103. The van der Waals surface area contributed by atoms with Gasteiger partial charge >= 0.3 is 7.12 Å². The van der Waals surface area contributed by atoms with E-state index in [0.717, 1.165) is 44.0 Å². The fourth-order valence-electron chi connectivity index (χ4n) is 2.76. The largest absolute Gasteiger partial charge is 0.496 e. The predicted octanol–water partition coefficient (Wildman–Crippen LogP) is -0.0990. The highest BCUT2D eigenvalue weighted by molar-refractivity contribution is 6.58. The molecule has 0 radical (unpaired) electrons. The number of piperazine rings is 1. The predicted molar refractivity (Wildman–Crippen MR) is 84.8 cm³/mol. The van der Waals surface area contributed by atoms with Gasteiger partial charge in [-0.05, 0) is 25.4 Å². The molecular weight excluding hydrogens is 267 g/mol. The van der Waals surface area contributed by atoms with Crippen LogP contribution in [0.5, 0.6) is 5.75 Å². The Hall–Kier alpha value is -1.08. The zero-order chi connectivity index (χ0) is 15.4. The van der Waals surface area contributed by atoms with Crippen LogP contribution in [0.15, 0.2) is 18.2 Å². The Balaban J connectivity index is 2.04. The summed E-state index contributed by atoms with van der Waals surface area (Å²) in [5.41, 5.74) is 1.51. The maximum absolute atomic E-state index is 9.31. The highest BCUT2D eigenvalue weighted by Gasteiger charge is 2.21. The number of hydrogen-bond acceptors (Lipinski definition) is 5. The van der Waals surface area contributed by atoms with Gasteiger partial charge in [-0.2, -0.15) is 0 Å². The van der Waals surface area contributed by atoms with Gasteiger partial charge in [-0.1, -0.05) is 12.1 Å². The third kappa shape index (κ3) is 4.20. The quantitative estimate of drug-likeness (QED) is 0.742. The first kappa shape index (κ1) is 16.3. The van der Waals surface area contributed by atoms with Gasteiger partial charge in [-0.3, -0.25) is 9.80 Å². The highest BCUT2D eigenvalue weighted by Crippen LogP contribution is 2.19. The standard InChI is InChI=1S/C15H25BN2O3/c1-12(2)18-8-6-17(7-9-18)11-13-10-14(16(19)20)4-5-15(13)21-3/h4-5,10,12,19-20H,6-9,11H2,1-3H3. The molecule has 0 spiro atoms. The van der Waals surface area contributed by atoms with Crippen molar-refractivity contribution in [2.45, 2.75) is 26.4 Å². The van der Waals surface area contributed by atoms with Crippen LogP contribution in [-0.4, -0.2) is 66.3 Å². The minimum Gasteiger partial charge on any atom is -0.496 e. The molecule has 1 heterocycles. The summed E-state index contributed by atoms with van der Waals surface area (Å²) < 4.78 is 5.38. The molecule has 2 N–H and O–H groups in total. The van der Waals surface area contributed by atoms with Crippen molar-refractivity contribution in [3.05, 3.63) is 23.8 Å². The zero-order valence-corrected chi connectivity index (χ0v) is 13.1. The van der Waals surface area contributed by atoms with E-state index >= 15 is 0 Å². The smallest absolute Gasteiger partial charge is 0.488 e. The van der Waals surface area contributed by atoms with Crippen LogP contribution in [-0.2, 0) is 6.54 Å². The van der Waals surface area contributed by atoms with Gasteiger partial charge in [0.05, 0.1) is 7.11 Å². The average Bonchev–Trinajstić information content (AvgIpc) is 2.47. The SMILES string of the molecule is COc1ccc(B(O)O)cc1CN1CCN(C(C)C)CC1. The summed E-state index contributed by atoms with van der Waals surface area (Å²) in [6.07, 6.45) is 0. The Morgan fingerprint density at radius 3 is 2.38 bits per heavy atom. The van der Waals surface area contributed by atoms with Gasteiger partial charge in [0.1, 0.15) is 5.75 Å². The first-order valence-electron chi connectivity index (χ1n) is 7.50. The molecule has 0 atom stereocenters. The van der Waals surface area contributed by atoms with Crippen molar-refractivity contribution in [2.24, 2.45) is 0 Å². The van der Waals surface area contributed by atoms with E-state index < -0.39 is 7.12 Å². The number of rotatable bonds is 5. The summed E-state index contributed by atoms with van der Waals surface area (Å²) in [5, 5.41) is 18.6. The van der Waals surface area contributed by atoms with Gasteiger partial charge in [0.25, 0.3) is 0 Å². The van der Waals surface area contributed by atoms with Crippen molar-refractivity contribution in [2.75, 3.05) is 33.3 Å². The molecule has 116 valence electrons. The summed E-state index contributed by atoms with van der Waals surface area (Å²) in [7, 11) is 0.206. The van der Waals surface area contributed by atoms with Gasteiger partial charge in [-0.25, -0.2) is 0 Å². The second-order valence-electron chi connectivity index (χ2n) is 5.85. The van der Waals surface area contributed by atoms with E-state index in [-0.39, 0.29) is 0 Å². The summed E-state index contributed by atoms with van der Waals surface area (Å²) >= 11 is 0. The highest BCUT2D eigenvalue weighted by atomic mass is 16.5. The molecule has 1 aromatic carbocycles. The summed E-state index contributed by atoms with van der Waals surface area (Å²) in [6, 6.07) is 5.89. The molecule has 1 fully saturated rings. The first-order valence-corrected chi connectivity index (χ1v) is 7.50. The molecule has 1 saturated heterocycles. The molecular formula is C15H25BN2O3. The van der Waals surface area contributed by atoms with E-state index in [2.05, 4.69) is 23.6 Å². The van der Waals surface area contributed by atoms with Crippen molar-refractivity contribution in [3.63, 3.8) is 0 Å². The second kappa shape index (κ2) is 7.27. The van der Waals surface area contributed by atoms with Crippen LogP contribution in [0.3, 0.4) is 0 Å². The second-order valence-corrected chi connectivity index (χ2v) is 5.85. The molecule has 6 heteroatoms. The maximum Gasteiger partial charge on any atom is 0.488 e. The van der Waals surface area contributed by atoms with E-state index in [1.807, 2.05) is 6.07 Å². The molecule has 0 unspecified atom stereocenters. The topological polar surface area (TPSA) is 56.2 Å². The monoisotopic (exact) mass is 292 g/mol. The van der Waals surface area contributed by atoms with Gasteiger partial charge in [-0.15, -0.1) is 0 Å². The molecule has 5 nitrogen and oxygen atoms in total. The van der Waals surface area contributed by atoms with Crippen LogP contribution in [0.1, 0.15) is 19.4 Å². The zero-order valence-electron chi connectivity index (χ0n) is 13.1. The van der Waals surface area contributed by atoms with Gasteiger partial charge in [0, 0.05) is 44.3 Å². The number of hydrogen-bond donors (Lipinski definition) is 2. The van der Waals surface area contributed by atoms with Crippen molar-refractivity contribution in [1.29, 1.82) is 0 Å². The van der Waals surface area contributed by atoms with Gasteiger partial charge in [0.15, 0.2) is 0 Å². The molecule has 0 aromatic heterocycles. The van der Waals surface area contributed by atoms with Crippen LogP contribution in [0.2, 0.25) is 0 Å². The average molecular weight is 292 g/mol. The van der Waals surface area contributed by atoms with E-state index in [9.17, 15) is 10.0 Å². The third-order valence-corrected chi connectivity index (χ3v) is 4.13. The van der Waals surface area contributed by atoms with Crippen LogP contribution in [0.4, 0.5) is 0 Å². The van der Waals surface area contributed by atoms with Crippen LogP contribution in [0.25, 0.3) is 0 Å². The summed E-state index contributed by atoms with van der Waals surface area (Å²) in [4.78, 5) is 4.85. The fourth-order valence-corrected chi connectivity index (χ4v) is 2.76. The lowest BCUT2D eigenvalue weighted by atomic mass is 9.79. The Labute approximate surface area is 127 Å². The molecule has 1 aliphatic heterocycles. The molecule has 1 aliphatic rings.